The summed E-state index contributed by atoms with van der Waals surface area (Å²) >= 11 is 0. The van der Waals surface area contributed by atoms with Crippen LogP contribution in [0.2, 0.25) is 0 Å². The Morgan fingerprint density at radius 1 is 1.33 bits per heavy atom. The minimum atomic E-state index is -0.286. The molecule has 2 aromatic rings. The van der Waals surface area contributed by atoms with E-state index in [1.807, 2.05) is 24.0 Å². The molecule has 1 aromatic carbocycles. The van der Waals surface area contributed by atoms with Crippen LogP contribution < -0.4 is 4.90 Å². The topological polar surface area (TPSA) is 39.9 Å². The Morgan fingerprint density at radius 3 is 2.90 bits per heavy atom. The summed E-state index contributed by atoms with van der Waals surface area (Å²) in [5.41, 5.74) is 3.52. The number of aryl methyl sites for hydroxylation is 2. The minimum absolute atomic E-state index is 0.286. The summed E-state index contributed by atoms with van der Waals surface area (Å²) in [6.07, 6.45) is 3.03. The number of nitriles is 1. The second-order valence-corrected chi connectivity index (χ2v) is 5.15. The first-order valence-corrected chi connectivity index (χ1v) is 7.19. The first kappa shape index (κ1) is 13.6. The van der Waals surface area contributed by atoms with Crippen molar-refractivity contribution in [2.24, 2.45) is 0 Å². The summed E-state index contributed by atoms with van der Waals surface area (Å²) in [4.78, 5) is 6.57. The van der Waals surface area contributed by atoms with Crippen LogP contribution in [0.15, 0.2) is 30.3 Å². The molecule has 3 rings (SSSR count). The zero-order valence-corrected chi connectivity index (χ0v) is 11.9. The van der Waals surface area contributed by atoms with Crippen LogP contribution >= 0.6 is 0 Å². The number of rotatable bonds is 3. The van der Waals surface area contributed by atoms with E-state index in [9.17, 15) is 9.65 Å². The van der Waals surface area contributed by atoms with Crippen molar-refractivity contribution in [1.82, 2.24) is 4.98 Å². The smallest absolute Gasteiger partial charge is 0.151 e. The lowest BCUT2D eigenvalue weighted by molar-refractivity contribution is 0.627. The molecule has 1 heterocycles. The number of fused-ring (bicyclic) bond motifs is 1. The number of anilines is 2. The predicted molar refractivity (Wildman–Crippen MR) is 80.1 cm³/mol. The van der Waals surface area contributed by atoms with Crippen LogP contribution in [0, 0.1) is 17.1 Å². The van der Waals surface area contributed by atoms with Gasteiger partial charge in [0.15, 0.2) is 5.82 Å². The molecule has 0 radical (unpaired) electrons. The van der Waals surface area contributed by atoms with Crippen molar-refractivity contribution in [1.29, 1.82) is 5.26 Å². The fraction of sp³-hybridized carbons (Fsp3) is 0.294. The van der Waals surface area contributed by atoms with E-state index in [0.29, 0.717) is 17.9 Å². The van der Waals surface area contributed by atoms with Crippen LogP contribution in [-0.2, 0) is 12.8 Å². The summed E-state index contributed by atoms with van der Waals surface area (Å²) in [6, 6.07) is 10.6. The van der Waals surface area contributed by atoms with Gasteiger partial charge in [0.25, 0.3) is 0 Å². The molecular weight excluding hydrogens is 265 g/mol. The number of hydrogen-bond donors (Lipinski definition) is 0. The molecule has 21 heavy (non-hydrogen) atoms. The number of benzene rings is 1. The van der Waals surface area contributed by atoms with Gasteiger partial charge in [-0.25, -0.2) is 9.37 Å². The van der Waals surface area contributed by atoms with Crippen LogP contribution in [-0.4, -0.2) is 11.5 Å². The lowest BCUT2D eigenvalue weighted by atomic mass is 10.1. The molecule has 0 saturated carbocycles. The van der Waals surface area contributed by atoms with E-state index in [-0.39, 0.29) is 5.82 Å². The number of nitrogens with zero attached hydrogens (tertiary/aromatic N) is 3. The first-order valence-electron chi connectivity index (χ1n) is 7.19. The average Bonchev–Trinajstić information content (AvgIpc) is 2.94. The molecule has 1 aliphatic carbocycles. The van der Waals surface area contributed by atoms with Crippen LogP contribution in [0.5, 0.6) is 0 Å². The molecule has 0 fully saturated rings. The van der Waals surface area contributed by atoms with Crippen molar-refractivity contribution in [3.05, 3.63) is 53.0 Å². The highest BCUT2D eigenvalue weighted by Gasteiger charge is 2.20. The summed E-state index contributed by atoms with van der Waals surface area (Å²) in [7, 11) is 0. The lowest BCUT2D eigenvalue weighted by Gasteiger charge is -2.24. The molecule has 0 spiro atoms. The number of aromatic nitrogens is 1. The van der Waals surface area contributed by atoms with E-state index < -0.39 is 0 Å². The van der Waals surface area contributed by atoms with E-state index in [1.54, 1.807) is 6.07 Å². The number of pyridine rings is 1. The molecular formula is C17H16FN3. The molecule has 4 heteroatoms. The zero-order valence-electron chi connectivity index (χ0n) is 11.9. The Hall–Kier alpha value is -2.41. The maximum atomic E-state index is 13.5. The van der Waals surface area contributed by atoms with Gasteiger partial charge in [0.05, 0.1) is 5.56 Å². The Bertz CT molecular complexity index is 718. The monoisotopic (exact) mass is 281 g/mol. The van der Waals surface area contributed by atoms with Crippen LogP contribution in [0.3, 0.4) is 0 Å². The van der Waals surface area contributed by atoms with Gasteiger partial charge >= 0.3 is 0 Å². The quantitative estimate of drug-likeness (QED) is 0.860. The Morgan fingerprint density at radius 2 is 2.19 bits per heavy atom. The Labute approximate surface area is 123 Å². The maximum Gasteiger partial charge on any atom is 0.151 e. The van der Waals surface area contributed by atoms with Gasteiger partial charge in [-0.05, 0) is 56.0 Å². The summed E-state index contributed by atoms with van der Waals surface area (Å²) in [5.74, 6) is 0.344. The fourth-order valence-electron chi connectivity index (χ4n) is 2.85. The van der Waals surface area contributed by atoms with Crippen molar-refractivity contribution >= 4 is 11.5 Å². The van der Waals surface area contributed by atoms with Gasteiger partial charge in [0, 0.05) is 17.9 Å². The largest absolute Gasteiger partial charge is 0.325 e. The molecule has 1 aliphatic rings. The molecule has 0 N–H and O–H groups in total. The molecule has 0 atom stereocenters. The van der Waals surface area contributed by atoms with Gasteiger partial charge in [0.1, 0.15) is 11.9 Å². The summed E-state index contributed by atoms with van der Waals surface area (Å²) < 4.78 is 13.5. The predicted octanol–water partition coefficient (Wildman–Crippen LogP) is 3.74. The maximum absolute atomic E-state index is 13.5. The van der Waals surface area contributed by atoms with Crippen molar-refractivity contribution in [2.45, 2.75) is 26.2 Å². The van der Waals surface area contributed by atoms with Crippen molar-refractivity contribution < 1.29 is 4.39 Å². The number of hydrogen-bond acceptors (Lipinski definition) is 3. The molecule has 3 nitrogen and oxygen atoms in total. The highest BCUT2D eigenvalue weighted by Crippen LogP contribution is 2.31. The zero-order chi connectivity index (χ0) is 14.8. The van der Waals surface area contributed by atoms with Gasteiger partial charge in [-0.3, -0.25) is 0 Å². The standard InChI is InChI=1S/C17H16FN3/c1-2-21(15-7-4-6-14(18)10-15)17-13(11-19)9-12-5-3-8-16(12)20-17/h4,6-7,9-10H,2-3,5,8H2,1H3. The third kappa shape index (κ3) is 2.47. The first-order chi connectivity index (χ1) is 10.2. The third-order valence-electron chi connectivity index (χ3n) is 3.84. The second kappa shape index (κ2) is 5.53. The van der Waals surface area contributed by atoms with Crippen molar-refractivity contribution in [3.63, 3.8) is 0 Å². The molecule has 0 unspecified atom stereocenters. The highest BCUT2D eigenvalue weighted by atomic mass is 19.1. The van der Waals surface area contributed by atoms with Crippen LogP contribution in [0.1, 0.15) is 30.2 Å². The molecule has 0 amide bonds. The van der Waals surface area contributed by atoms with E-state index in [1.165, 1.54) is 17.7 Å². The minimum Gasteiger partial charge on any atom is -0.325 e. The van der Waals surface area contributed by atoms with Gasteiger partial charge in [-0.2, -0.15) is 5.26 Å². The molecule has 106 valence electrons. The van der Waals surface area contributed by atoms with Gasteiger partial charge < -0.3 is 4.90 Å². The molecule has 0 saturated heterocycles. The molecule has 0 bridgehead atoms. The van der Waals surface area contributed by atoms with E-state index in [0.717, 1.165) is 30.6 Å². The summed E-state index contributed by atoms with van der Waals surface area (Å²) in [5, 5.41) is 9.40. The SMILES string of the molecule is CCN(c1cccc(F)c1)c1nc2c(cc1C#N)CCC2. The van der Waals surface area contributed by atoms with E-state index >= 15 is 0 Å². The second-order valence-electron chi connectivity index (χ2n) is 5.15. The fourth-order valence-corrected chi connectivity index (χ4v) is 2.85. The molecule has 0 aliphatic heterocycles. The van der Waals surface area contributed by atoms with Gasteiger partial charge in [0.2, 0.25) is 0 Å². The van der Waals surface area contributed by atoms with Crippen molar-refractivity contribution in [3.8, 4) is 6.07 Å². The lowest BCUT2D eigenvalue weighted by Crippen LogP contribution is -2.19. The highest BCUT2D eigenvalue weighted by molar-refractivity contribution is 5.66. The Kier molecular flexibility index (Phi) is 3.57. The van der Waals surface area contributed by atoms with E-state index in [4.69, 9.17) is 0 Å². The third-order valence-corrected chi connectivity index (χ3v) is 3.84. The normalized spacial score (nSPS) is 12.8. The number of halogens is 1. The Balaban J connectivity index is 2.11. The van der Waals surface area contributed by atoms with Crippen molar-refractivity contribution in [2.75, 3.05) is 11.4 Å². The van der Waals surface area contributed by atoms with Gasteiger partial charge in [-0.15, -0.1) is 0 Å². The average molecular weight is 281 g/mol. The molecule has 1 aromatic heterocycles. The van der Waals surface area contributed by atoms with E-state index in [2.05, 4.69) is 11.1 Å². The van der Waals surface area contributed by atoms with Gasteiger partial charge in [-0.1, -0.05) is 6.07 Å². The van der Waals surface area contributed by atoms with Crippen LogP contribution in [0.4, 0.5) is 15.9 Å². The summed E-state index contributed by atoms with van der Waals surface area (Å²) in [6.45, 7) is 2.60. The van der Waals surface area contributed by atoms with Crippen LogP contribution in [0.25, 0.3) is 0 Å².